The maximum Gasteiger partial charge on any atom is 0.119 e. The van der Waals surface area contributed by atoms with E-state index in [1.165, 1.54) is 0 Å². The van der Waals surface area contributed by atoms with E-state index in [1.54, 1.807) is 7.11 Å². The van der Waals surface area contributed by atoms with E-state index < -0.39 is 0 Å². The molecule has 1 aliphatic heterocycles. The Morgan fingerprint density at radius 3 is 3.12 bits per heavy atom. The lowest BCUT2D eigenvalue weighted by atomic mass is 9.81. The molecule has 2 N–H and O–H groups in total. The fourth-order valence-corrected chi connectivity index (χ4v) is 3.68. The highest BCUT2D eigenvalue weighted by atomic mass is 16.5. The molecule has 3 rings (SSSR count). The number of nitrogens with zero attached hydrogens (tertiary/aromatic N) is 1. The SMILES string of the molecule is C=C[C@H]1CNCC[C@H]1CC(O)Cc1ccnc2ccc(OC)cc12. The van der Waals surface area contributed by atoms with E-state index in [-0.39, 0.29) is 6.10 Å². The number of benzene rings is 1. The van der Waals surface area contributed by atoms with Gasteiger partial charge < -0.3 is 15.2 Å². The van der Waals surface area contributed by atoms with Gasteiger partial charge in [-0.25, -0.2) is 0 Å². The van der Waals surface area contributed by atoms with Crippen LogP contribution >= 0.6 is 0 Å². The van der Waals surface area contributed by atoms with Crippen molar-refractivity contribution < 1.29 is 9.84 Å². The van der Waals surface area contributed by atoms with Crippen LogP contribution in [-0.4, -0.2) is 36.4 Å². The van der Waals surface area contributed by atoms with Gasteiger partial charge in [-0.15, -0.1) is 6.58 Å². The minimum absolute atomic E-state index is 0.354. The number of hydrogen-bond acceptors (Lipinski definition) is 4. The Morgan fingerprint density at radius 1 is 1.46 bits per heavy atom. The number of hydrogen-bond donors (Lipinski definition) is 2. The zero-order valence-electron chi connectivity index (χ0n) is 14.2. The number of piperidine rings is 1. The largest absolute Gasteiger partial charge is 0.497 e. The van der Waals surface area contributed by atoms with Gasteiger partial charge in [0.25, 0.3) is 0 Å². The first-order chi connectivity index (χ1) is 11.7. The Hall–Kier alpha value is -1.91. The standard InChI is InChI=1S/C20H26N2O2/c1-3-14-13-21-8-6-15(14)10-17(23)11-16-7-9-22-20-5-4-18(24-2)12-19(16)20/h3-5,7,9,12,14-15,17,21,23H,1,6,8,10-11,13H2,2H3/t14-,15-,17?/m0/s1. The Morgan fingerprint density at radius 2 is 2.33 bits per heavy atom. The van der Waals surface area contributed by atoms with Gasteiger partial charge in [-0.3, -0.25) is 4.98 Å². The summed E-state index contributed by atoms with van der Waals surface area (Å²) < 4.78 is 5.32. The summed E-state index contributed by atoms with van der Waals surface area (Å²) >= 11 is 0. The monoisotopic (exact) mass is 326 g/mol. The maximum absolute atomic E-state index is 10.6. The molecule has 2 aromatic rings. The summed E-state index contributed by atoms with van der Waals surface area (Å²) in [7, 11) is 1.67. The van der Waals surface area contributed by atoms with Crippen molar-refractivity contribution in [3.63, 3.8) is 0 Å². The lowest BCUT2D eigenvalue weighted by molar-refractivity contribution is 0.120. The molecule has 1 aliphatic rings. The van der Waals surface area contributed by atoms with Crippen LogP contribution in [0.15, 0.2) is 43.1 Å². The van der Waals surface area contributed by atoms with Crippen LogP contribution in [0, 0.1) is 11.8 Å². The second-order valence-corrected chi connectivity index (χ2v) is 6.60. The Kier molecular flexibility index (Phi) is 5.48. The summed E-state index contributed by atoms with van der Waals surface area (Å²) in [6, 6.07) is 7.88. The number of aliphatic hydroxyl groups excluding tert-OH is 1. The molecule has 0 spiro atoms. The first-order valence-corrected chi connectivity index (χ1v) is 8.64. The molecule has 2 heterocycles. The molecular weight excluding hydrogens is 300 g/mol. The molecule has 3 atom stereocenters. The van der Waals surface area contributed by atoms with E-state index in [0.717, 1.165) is 48.1 Å². The second-order valence-electron chi connectivity index (χ2n) is 6.60. The van der Waals surface area contributed by atoms with E-state index in [4.69, 9.17) is 4.74 Å². The molecule has 24 heavy (non-hydrogen) atoms. The predicted octanol–water partition coefficient (Wildman–Crippen LogP) is 2.95. The van der Waals surface area contributed by atoms with Crippen molar-refractivity contribution in [2.45, 2.75) is 25.4 Å². The van der Waals surface area contributed by atoms with Crippen LogP contribution in [0.1, 0.15) is 18.4 Å². The molecule has 1 aromatic heterocycles. The lowest BCUT2D eigenvalue weighted by Crippen LogP contribution is -2.37. The number of methoxy groups -OCH3 is 1. The average molecular weight is 326 g/mol. The Balaban J connectivity index is 1.75. The molecule has 4 nitrogen and oxygen atoms in total. The van der Waals surface area contributed by atoms with Gasteiger partial charge in [0.05, 0.1) is 18.7 Å². The van der Waals surface area contributed by atoms with Crippen LogP contribution in [0.3, 0.4) is 0 Å². The summed E-state index contributed by atoms with van der Waals surface area (Å²) in [5.74, 6) is 1.76. The fraction of sp³-hybridized carbons (Fsp3) is 0.450. The van der Waals surface area contributed by atoms with Gasteiger partial charge in [-0.2, -0.15) is 0 Å². The minimum atomic E-state index is -0.354. The van der Waals surface area contributed by atoms with Crippen molar-refractivity contribution in [1.82, 2.24) is 10.3 Å². The number of aliphatic hydroxyl groups is 1. The summed E-state index contributed by atoms with van der Waals surface area (Å²) in [6.45, 7) is 5.94. The lowest BCUT2D eigenvalue weighted by Gasteiger charge is -2.31. The Labute approximate surface area is 143 Å². The van der Waals surface area contributed by atoms with E-state index in [2.05, 4.69) is 16.9 Å². The molecule has 1 unspecified atom stereocenters. The number of nitrogens with one attached hydrogen (secondary N) is 1. The summed E-state index contributed by atoms with van der Waals surface area (Å²) in [4.78, 5) is 4.41. The molecule has 1 fully saturated rings. The van der Waals surface area contributed by atoms with Crippen LogP contribution in [0.5, 0.6) is 5.75 Å². The Bertz CT molecular complexity index is 701. The fourth-order valence-electron chi connectivity index (χ4n) is 3.68. The quantitative estimate of drug-likeness (QED) is 0.802. The second kappa shape index (κ2) is 7.77. The zero-order valence-corrected chi connectivity index (χ0v) is 14.2. The van der Waals surface area contributed by atoms with E-state index in [0.29, 0.717) is 18.3 Å². The third-order valence-corrected chi connectivity index (χ3v) is 5.05. The van der Waals surface area contributed by atoms with E-state index in [9.17, 15) is 5.11 Å². The summed E-state index contributed by atoms with van der Waals surface area (Å²) in [5, 5.41) is 15.1. The third-order valence-electron chi connectivity index (χ3n) is 5.05. The van der Waals surface area contributed by atoms with Crippen molar-refractivity contribution in [3.05, 3.63) is 48.7 Å². The van der Waals surface area contributed by atoms with Gasteiger partial charge in [0, 0.05) is 18.1 Å². The molecule has 0 radical (unpaired) electrons. The zero-order chi connectivity index (χ0) is 16.9. The smallest absolute Gasteiger partial charge is 0.119 e. The van der Waals surface area contributed by atoms with Gasteiger partial charge >= 0.3 is 0 Å². The van der Waals surface area contributed by atoms with Gasteiger partial charge in [0.1, 0.15) is 5.75 Å². The van der Waals surface area contributed by atoms with Crippen LogP contribution in [0.25, 0.3) is 10.9 Å². The molecular formula is C20H26N2O2. The molecule has 1 aromatic carbocycles. The first-order valence-electron chi connectivity index (χ1n) is 8.64. The molecule has 0 aliphatic carbocycles. The maximum atomic E-state index is 10.6. The summed E-state index contributed by atoms with van der Waals surface area (Å²) in [5.41, 5.74) is 2.06. The van der Waals surface area contributed by atoms with Crippen molar-refractivity contribution >= 4 is 10.9 Å². The number of pyridine rings is 1. The van der Waals surface area contributed by atoms with E-state index >= 15 is 0 Å². The molecule has 4 heteroatoms. The van der Waals surface area contributed by atoms with Crippen molar-refractivity contribution in [3.8, 4) is 5.75 Å². The molecule has 0 bridgehead atoms. The van der Waals surface area contributed by atoms with Crippen molar-refractivity contribution in [2.75, 3.05) is 20.2 Å². The molecule has 0 saturated carbocycles. The topological polar surface area (TPSA) is 54.4 Å². The first kappa shape index (κ1) is 16.9. The van der Waals surface area contributed by atoms with Gasteiger partial charge in [0.15, 0.2) is 0 Å². The highest BCUT2D eigenvalue weighted by Crippen LogP contribution is 2.28. The normalized spacial score (nSPS) is 22.2. The number of rotatable bonds is 6. The molecule has 1 saturated heterocycles. The third kappa shape index (κ3) is 3.77. The van der Waals surface area contributed by atoms with Crippen molar-refractivity contribution in [2.24, 2.45) is 11.8 Å². The number of fused-ring (bicyclic) bond motifs is 1. The molecule has 0 amide bonds. The average Bonchev–Trinajstić information content (AvgIpc) is 2.62. The molecule has 128 valence electrons. The van der Waals surface area contributed by atoms with E-state index in [1.807, 2.05) is 36.5 Å². The highest BCUT2D eigenvalue weighted by molar-refractivity contribution is 5.83. The highest BCUT2D eigenvalue weighted by Gasteiger charge is 2.25. The van der Waals surface area contributed by atoms with Crippen molar-refractivity contribution in [1.29, 1.82) is 0 Å². The van der Waals surface area contributed by atoms with Crippen LogP contribution in [0.2, 0.25) is 0 Å². The minimum Gasteiger partial charge on any atom is -0.497 e. The number of ether oxygens (including phenoxy) is 1. The van der Waals surface area contributed by atoms with Gasteiger partial charge in [0.2, 0.25) is 0 Å². The van der Waals surface area contributed by atoms with Gasteiger partial charge in [-0.05, 0) is 67.5 Å². The van der Waals surface area contributed by atoms with Crippen LogP contribution < -0.4 is 10.1 Å². The van der Waals surface area contributed by atoms with Crippen LogP contribution in [0.4, 0.5) is 0 Å². The number of aromatic nitrogens is 1. The van der Waals surface area contributed by atoms with Gasteiger partial charge in [-0.1, -0.05) is 6.08 Å². The predicted molar refractivity (Wildman–Crippen MR) is 97.3 cm³/mol. The van der Waals surface area contributed by atoms with Crippen LogP contribution in [-0.2, 0) is 6.42 Å². The summed E-state index contributed by atoms with van der Waals surface area (Å²) in [6.07, 6.45) is 6.03.